The Kier molecular flexibility index (Phi) is 4.27. The second kappa shape index (κ2) is 6.17. The van der Waals surface area contributed by atoms with Crippen LogP contribution in [0.15, 0.2) is 21.4 Å². The third-order valence-corrected chi connectivity index (χ3v) is 4.84. The van der Waals surface area contributed by atoms with E-state index in [1.165, 1.54) is 27.5 Å². The second-order valence-corrected chi connectivity index (χ2v) is 6.62. The van der Waals surface area contributed by atoms with Crippen molar-refractivity contribution in [3.05, 3.63) is 27.5 Å². The minimum Gasteiger partial charge on any atom is -0.378 e. The number of amides is 1. The molecule has 1 aliphatic heterocycles. The zero-order chi connectivity index (χ0) is 14.8. The van der Waals surface area contributed by atoms with Crippen molar-refractivity contribution in [1.29, 1.82) is 0 Å². The van der Waals surface area contributed by atoms with E-state index in [4.69, 9.17) is 4.74 Å². The van der Waals surface area contributed by atoms with Crippen LogP contribution in [0.5, 0.6) is 0 Å². The van der Waals surface area contributed by atoms with Crippen LogP contribution in [-0.2, 0) is 4.74 Å². The fourth-order valence-corrected chi connectivity index (χ4v) is 3.72. The number of rotatable bonds is 3. The number of nitrogens with zero attached hydrogens (tertiary/aromatic N) is 3. The maximum Gasteiger partial charge on any atom is 0.272 e. The molecule has 0 saturated carbocycles. The molecule has 3 heterocycles. The molecule has 0 spiro atoms. The molecular formula is C13H15N3O3S2. The van der Waals surface area contributed by atoms with E-state index < -0.39 is 0 Å². The van der Waals surface area contributed by atoms with Gasteiger partial charge in [-0.25, -0.2) is 4.98 Å². The molecule has 0 aliphatic carbocycles. The normalized spacial score (nSPS) is 15.6. The first-order chi connectivity index (χ1) is 10.2. The summed E-state index contributed by atoms with van der Waals surface area (Å²) < 4.78 is 6.70. The van der Waals surface area contributed by atoms with Gasteiger partial charge in [0, 0.05) is 24.7 Å². The van der Waals surface area contributed by atoms with Crippen LogP contribution in [0, 0.1) is 0 Å². The average molecular weight is 325 g/mol. The molecule has 1 aliphatic rings. The largest absolute Gasteiger partial charge is 0.378 e. The first-order valence-electron chi connectivity index (χ1n) is 6.72. The molecule has 8 heteroatoms. The Morgan fingerprint density at radius 2 is 2.24 bits per heavy atom. The van der Waals surface area contributed by atoms with Crippen LogP contribution in [0.3, 0.4) is 0 Å². The van der Waals surface area contributed by atoms with Crippen molar-refractivity contribution in [2.24, 2.45) is 0 Å². The highest BCUT2D eigenvalue weighted by molar-refractivity contribution is 7.99. The van der Waals surface area contributed by atoms with Crippen LogP contribution in [-0.4, -0.2) is 52.2 Å². The van der Waals surface area contributed by atoms with Gasteiger partial charge in [-0.1, -0.05) is 6.92 Å². The monoisotopic (exact) mass is 325 g/mol. The summed E-state index contributed by atoms with van der Waals surface area (Å²) in [5, 5.41) is 2.33. The van der Waals surface area contributed by atoms with E-state index >= 15 is 0 Å². The minimum absolute atomic E-state index is 0.180. The lowest BCUT2D eigenvalue weighted by Gasteiger charge is -2.27. The molecule has 0 unspecified atom stereocenters. The van der Waals surface area contributed by atoms with Gasteiger partial charge in [0.05, 0.1) is 13.2 Å². The Morgan fingerprint density at radius 1 is 1.48 bits per heavy atom. The number of carbonyl (C=O) groups is 1. The smallest absolute Gasteiger partial charge is 0.272 e. The maximum atomic E-state index is 12.7. The van der Waals surface area contributed by atoms with Gasteiger partial charge in [-0.3, -0.25) is 14.0 Å². The van der Waals surface area contributed by atoms with E-state index in [-0.39, 0.29) is 17.0 Å². The number of thiazole rings is 1. The standard InChI is InChI=1S/C13H15N3O3S2/c1-2-20-10-9(11(17)15-3-6-19-7-4-15)12(18)16-5-8-21-13(16)14-10/h5,8H,2-4,6-7H2,1H3. The molecule has 1 fully saturated rings. The van der Waals surface area contributed by atoms with Gasteiger partial charge in [0.15, 0.2) is 4.96 Å². The number of thioether (sulfide) groups is 1. The maximum absolute atomic E-state index is 12.7. The lowest BCUT2D eigenvalue weighted by Crippen LogP contribution is -2.43. The number of hydrogen-bond donors (Lipinski definition) is 0. The average Bonchev–Trinajstić information content (AvgIpc) is 2.97. The molecule has 0 aromatic carbocycles. The molecule has 1 amide bonds. The first-order valence-corrected chi connectivity index (χ1v) is 8.58. The SMILES string of the molecule is CCSc1nc2sccn2c(=O)c1C(=O)N1CCOCC1. The van der Waals surface area contributed by atoms with Crippen molar-refractivity contribution in [2.75, 3.05) is 32.1 Å². The van der Waals surface area contributed by atoms with Crippen LogP contribution in [0.4, 0.5) is 0 Å². The Morgan fingerprint density at radius 3 is 2.95 bits per heavy atom. The van der Waals surface area contributed by atoms with E-state index in [2.05, 4.69) is 4.98 Å². The lowest BCUT2D eigenvalue weighted by atomic mass is 10.2. The summed E-state index contributed by atoms with van der Waals surface area (Å²) in [5.74, 6) is 0.518. The highest BCUT2D eigenvalue weighted by atomic mass is 32.2. The number of ether oxygens (including phenoxy) is 1. The van der Waals surface area contributed by atoms with Gasteiger partial charge in [0.25, 0.3) is 11.5 Å². The molecule has 2 aromatic heterocycles. The predicted octanol–water partition coefficient (Wildman–Crippen LogP) is 1.34. The van der Waals surface area contributed by atoms with E-state index in [0.717, 1.165) is 5.75 Å². The summed E-state index contributed by atoms with van der Waals surface area (Å²) in [6.45, 7) is 4.03. The fraction of sp³-hybridized carbons (Fsp3) is 0.462. The molecule has 3 rings (SSSR count). The zero-order valence-electron chi connectivity index (χ0n) is 11.6. The number of morpholine rings is 1. The molecule has 0 radical (unpaired) electrons. The Bertz CT molecular complexity index is 719. The van der Waals surface area contributed by atoms with Crippen molar-refractivity contribution < 1.29 is 9.53 Å². The zero-order valence-corrected chi connectivity index (χ0v) is 13.2. The van der Waals surface area contributed by atoms with Gasteiger partial charge < -0.3 is 9.64 Å². The highest BCUT2D eigenvalue weighted by Gasteiger charge is 2.26. The van der Waals surface area contributed by atoms with Crippen LogP contribution in [0.1, 0.15) is 17.3 Å². The van der Waals surface area contributed by atoms with Gasteiger partial charge in [0.2, 0.25) is 0 Å². The summed E-state index contributed by atoms with van der Waals surface area (Å²) in [6.07, 6.45) is 1.66. The Balaban J connectivity index is 2.09. The summed E-state index contributed by atoms with van der Waals surface area (Å²) in [6, 6.07) is 0. The molecule has 0 bridgehead atoms. The Labute approximate surface area is 129 Å². The first kappa shape index (κ1) is 14.6. The highest BCUT2D eigenvalue weighted by Crippen LogP contribution is 2.21. The predicted molar refractivity (Wildman–Crippen MR) is 82.5 cm³/mol. The van der Waals surface area contributed by atoms with Gasteiger partial charge in [-0.15, -0.1) is 23.1 Å². The lowest BCUT2D eigenvalue weighted by molar-refractivity contribution is 0.0298. The summed E-state index contributed by atoms with van der Waals surface area (Å²) in [4.78, 5) is 32.1. The van der Waals surface area contributed by atoms with Crippen molar-refractivity contribution >= 4 is 34.0 Å². The van der Waals surface area contributed by atoms with E-state index in [9.17, 15) is 9.59 Å². The molecule has 2 aromatic rings. The van der Waals surface area contributed by atoms with E-state index in [1.54, 1.807) is 16.5 Å². The van der Waals surface area contributed by atoms with E-state index in [1.807, 2.05) is 6.92 Å². The summed E-state index contributed by atoms with van der Waals surface area (Å²) in [7, 11) is 0. The molecule has 6 nitrogen and oxygen atoms in total. The molecule has 0 atom stereocenters. The summed E-state index contributed by atoms with van der Waals surface area (Å²) >= 11 is 2.82. The molecule has 21 heavy (non-hydrogen) atoms. The quantitative estimate of drug-likeness (QED) is 0.629. The van der Waals surface area contributed by atoms with E-state index in [0.29, 0.717) is 36.3 Å². The summed E-state index contributed by atoms with van der Waals surface area (Å²) in [5.41, 5.74) is -0.103. The van der Waals surface area contributed by atoms with Crippen LogP contribution in [0.25, 0.3) is 4.96 Å². The number of carbonyl (C=O) groups excluding carboxylic acids is 1. The van der Waals surface area contributed by atoms with Crippen molar-refractivity contribution in [2.45, 2.75) is 11.9 Å². The van der Waals surface area contributed by atoms with Crippen LogP contribution in [0.2, 0.25) is 0 Å². The third-order valence-electron chi connectivity index (χ3n) is 3.23. The van der Waals surface area contributed by atoms with Gasteiger partial charge in [-0.05, 0) is 5.75 Å². The van der Waals surface area contributed by atoms with Crippen LogP contribution >= 0.6 is 23.1 Å². The topological polar surface area (TPSA) is 63.9 Å². The number of hydrogen-bond acceptors (Lipinski definition) is 6. The molecular weight excluding hydrogens is 310 g/mol. The van der Waals surface area contributed by atoms with Crippen molar-refractivity contribution in [1.82, 2.24) is 14.3 Å². The number of aromatic nitrogens is 2. The van der Waals surface area contributed by atoms with Crippen LogP contribution < -0.4 is 5.56 Å². The second-order valence-electron chi connectivity index (χ2n) is 4.49. The molecule has 112 valence electrons. The fourth-order valence-electron chi connectivity index (χ4n) is 2.21. The molecule has 1 saturated heterocycles. The van der Waals surface area contributed by atoms with Gasteiger partial charge in [0.1, 0.15) is 10.6 Å². The number of fused-ring (bicyclic) bond motifs is 1. The minimum atomic E-state index is -0.284. The van der Waals surface area contributed by atoms with Crippen molar-refractivity contribution in [3.63, 3.8) is 0 Å². The Hall–Kier alpha value is -1.38. The van der Waals surface area contributed by atoms with Crippen molar-refractivity contribution in [3.8, 4) is 0 Å². The molecule has 0 N–H and O–H groups in total. The van der Waals surface area contributed by atoms with Gasteiger partial charge >= 0.3 is 0 Å². The van der Waals surface area contributed by atoms with Gasteiger partial charge in [-0.2, -0.15) is 0 Å². The third kappa shape index (κ3) is 2.70.